The molecule has 106 valence electrons. The maximum Gasteiger partial charge on any atom is 0.137 e. The Kier molecular flexibility index (Phi) is 4.67. The molecule has 0 fully saturated rings. The molecule has 0 saturated carbocycles. The molecule has 0 aliphatic heterocycles. The van der Waals surface area contributed by atoms with Crippen LogP contribution in [0.1, 0.15) is 11.6 Å². The van der Waals surface area contributed by atoms with Crippen LogP contribution in [0, 0.1) is 17.5 Å². The minimum absolute atomic E-state index is 0.00709. The quantitative estimate of drug-likeness (QED) is 0.880. The Labute approximate surface area is 122 Å². The van der Waals surface area contributed by atoms with Gasteiger partial charge in [0, 0.05) is 17.8 Å². The molecule has 0 spiro atoms. The average molecular weight is 345 g/mol. The van der Waals surface area contributed by atoms with E-state index >= 15 is 0 Å². The zero-order valence-electron chi connectivity index (χ0n) is 10.3. The molecule has 6 heteroatoms. The van der Waals surface area contributed by atoms with Gasteiger partial charge in [0.15, 0.2) is 0 Å². The van der Waals surface area contributed by atoms with Gasteiger partial charge in [0.25, 0.3) is 0 Å². The Balaban J connectivity index is 2.31. The molecule has 20 heavy (non-hydrogen) atoms. The molecule has 2 aromatic rings. The van der Waals surface area contributed by atoms with E-state index in [0.717, 1.165) is 0 Å². The highest BCUT2D eigenvalue weighted by atomic mass is 79.9. The molecule has 1 unspecified atom stereocenters. The molecule has 2 aromatic carbocycles. The molecule has 0 aliphatic rings. The van der Waals surface area contributed by atoms with Crippen LogP contribution in [-0.4, -0.2) is 6.54 Å². The first-order chi connectivity index (χ1) is 9.52. The molecule has 2 rings (SSSR count). The molecule has 0 aliphatic carbocycles. The third-order valence-electron chi connectivity index (χ3n) is 2.84. The monoisotopic (exact) mass is 344 g/mol. The van der Waals surface area contributed by atoms with Crippen molar-refractivity contribution in [1.82, 2.24) is 0 Å². The summed E-state index contributed by atoms with van der Waals surface area (Å²) in [5.74, 6) is -1.76. The van der Waals surface area contributed by atoms with E-state index in [4.69, 9.17) is 5.73 Å². The van der Waals surface area contributed by atoms with Crippen LogP contribution in [0.2, 0.25) is 0 Å². The number of benzene rings is 2. The van der Waals surface area contributed by atoms with E-state index in [0.29, 0.717) is 5.69 Å². The highest BCUT2D eigenvalue weighted by Gasteiger charge is 2.19. The van der Waals surface area contributed by atoms with Gasteiger partial charge in [-0.25, -0.2) is 13.2 Å². The molecule has 0 heterocycles. The lowest BCUT2D eigenvalue weighted by molar-refractivity contribution is 0.537. The normalized spacial score (nSPS) is 12.2. The van der Waals surface area contributed by atoms with Crippen molar-refractivity contribution in [2.45, 2.75) is 6.04 Å². The highest BCUT2D eigenvalue weighted by Crippen LogP contribution is 2.26. The summed E-state index contributed by atoms with van der Waals surface area (Å²) in [5, 5.41) is 2.89. The smallest absolute Gasteiger partial charge is 0.137 e. The number of rotatable bonds is 4. The Hall–Kier alpha value is -1.53. The molecular weight excluding hydrogens is 333 g/mol. The predicted octanol–water partition coefficient (Wildman–Crippen LogP) is 3.98. The van der Waals surface area contributed by atoms with Crippen LogP contribution in [0.15, 0.2) is 40.9 Å². The van der Waals surface area contributed by atoms with E-state index in [1.165, 1.54) is 36.4 Å². The van der Waals surface area contributed by atoms with Gasteiger partial charge < -0.3 is 11.1 Å². The van der Waals surface area contributed by atoms with Gasteiger partial charge in [-0.1, -0.05) is 6.07 Å². The van der Waals surface area contributed by atoms with Crippen LogP contribution < -0.4 is 11.1 Å². The summed E-state index contributed by atoms with van der Waals surface area (Å²) in [6, 6.07) is 7.09. The van der Waals surface area contributed by atoms with Crippen molar-refractivity contribution < 1.29 is 13.2 Å². The van der Waals surface area contributed by atoms with Crippen LogP contribution >= 0.6 is 15.9 Å². The maximum absolute atomic E-state index is 13.7. The summed E-state index contributed by atoms with van der Waals surface area (Å²) >= 11 is 3.05. The van der Waals surface area contributed by atoms with Crippen molar-refractivity contribution >= 4 is 21.6 Å². The summed E-state index contributed by atoms with van der Waals surface area (Å²) in [7, 11) is 0. The van der Waals surface area contributed by atoms with E-state index in [1.54, 1.807) is 0 Å². The summed E-state index contributed by atoms with van der Waals surface area (Å²) in [6.45, 7) is -0.00709. The molecule has 0 amide bonds. The van der Waals surface area contributed by atoms with Gasteiger partial charge in [0.1, 0.15) is 17.5 Å². The molecule has 3 N–H and O–H groups in total. The second-order valence-electron chi connectivity index (χ2n) is 4.20. The molecule has 2 nitrogen and oxygen atoms in total. The van der Waals surface area contributed by atoms with Crippen LogP contribution in [0.4, 0.5) is 18.9 Å². The predicted molar refractivity (Wildman–Crippen MR) is 75.9 cm³/mol. The molecular formula is C14H12BrF3N2. The van der Waals surface area contributed by atoms with Crippen LogP contribution in [0.5, 0.6) is 0 Å². The van der Waals surface area contributed by atoms with Crippen molar-refractivity contribution in [1.29, 1.82) is 0 Å². The molecule has 0 aromatic heterocycles. The van der Waals surface area contributed by atoms with Crippen molar-refractivity contribution in [2.24, 2.45) is 5.73 Å². The first-order valence-electron chi connectivity index (χ1n) is 5.88. The fraction of sp³-hybridized carbons (Fsp3) is 0.143. The summed E-state index contributed by atoms with van der Waals surface area (Å²) in [6.07, 6.45) is 0. The minimum Gasteiger partial charge on any atom is -0.377 e. The van der Waals surface area contributed by atoms with E-state index in [-0.39, 0.29) is 16.6 Å². The van der Waals surface area contributed by atoms with Crippen molar-refractivity contribution in [3.05, 3.63) is 63.9 Å². The molecule has 0 bridgehead atoms. The fourth-order valence-electron chi connectivity index (χ4n) is 1.88. The lowest BCUT2D eigenvalue weighted by Gasteiger charge is -2.20. The summed E-state index contributed by atoms with van der Waals surface area (Å²) < 4.78 is 40.9. The van der Waals surface area contributed by atoms with Gasteiger partial charge in [0.05, 0.1) is 10.5 Å². The molecule has 0 saturated heterocycles. The van der Waals surface area contributed by atoms with Gasteiger partial charge in [-0.15, -0.1) is 0 Å². The third kappa shape index (κ3) is 3.13. The zero-order valence-corrected chi connectivity index (χ0v) is 11.9. The van der Waals surface area contributed by atoms with Crippen LogP contribution in [-0.2, 0) is 0 Å². The Bertz CT molecular complexity index is 599. The number of halogens is 4. The lowest BCUT2D eigenvalue weighted by atomic mass is 10.1. The number of nitrogens with two attached hydrogens (primary N) is 1. The van der Waals surface area contributed by atoms with Gasteiger partial charge in [-0.2, -0.15) is 0 Å². The largest absolute Gasteiger partial charge is 0.377 e. The standard InChI is InChI=1S/C14H12BrF3N2/c15-9-6-8(4-5-10(9)16)20-13(7-19)14-11(17)2-1-3-12(14)18/h1-6,13,20H,7,19H2. The zero-order chi connectivity index (χ0) is 14.7. The second-order valence-corrected chi connectivity index (χ2v) is 5.05. The number of hydrogen-bond donors (Lipinski definition) is 2. The van der Waals surface area contributed by atoms with Crippen molar-refractivity contribution in [3.63, 3.8) is 0 Å². The minimum atomic E-state index is -0.742. The number of hydrogen-bond acceptors (Lipinski definition) is 2. The maximum atomic E-state index is 13.7. The van der Waals surface area contributed by atoms with Crippen LogP contribution in [0.3, 0.4) is 0 Å². The summed E-state index contributed by atoms with van der Waals surface area (Å²) in [5.41, 5.74) is 5.96. The highest BCUT2D eigenvalue weighted by molar-refractivity contribution is 9.10. The SMILES string of the molecule is NCC(Nc1ccc(F)c(Br)c1)c1c(F)cccc1F. The third-order valence-corrected chi connectivity index (χ3v) is 3.45. The molecule has 0 radical (unpaired) electrons. The van der Waals surface area contributed by atoms with Gasteiger partial charge in [0.2, 0.25) is 0 Å². The van der Waals surface area contributed by atoms with E-state index < -0.39 is 23.5 Å². The lowest BCUT2D eigenvalue weighted by Crippen LogP contribution is -2.23. The average Bonchev–Trinajstić information content (AvgIpc) is 2.41. The van der Waals surface area contributed by atoms with Gasteiger partial charge >= 0.3 is 0 Å². The molecule has 1 atom stereocenters. The first kappa shape index (κ1) is 14.9. The topological polar surface area (TPSA) is 38.0 Å². The van der Waals surface area contributed by atoms with Gasteiger partial charge in [-0.05, 0) is 46.3 Å². The van der Waals surface area contributed by atoms with Gasteiger partial charge in [-0.3, -0.25) is 0 Å². The van der Waals surface area contributed by atoms with Crippen LogP contribution in [0.25, 0.3) is 0 Å². The Morgan fingerprint density at radius 2 is 1.70 bits per heavy atom. The number of anilines is 1. The Morgan fingerprint density at radius 1 is 1.05 bits per heavy atom. The first-order valence-corrected chi connectivity index (χ1v) is 6.67. The van der Waals surface area contributed by atoms with E-state index in [2.05, 4.69) is 21.2 Å². The fourth-order valence-corrected chi connectivity index (χ4v) is 2.26. The van der Waals surface area contributed by atoms with E-state index in [9.17, 15) is 13.2 Å². The van der Waals surface area contributed by atoms with E-state index in [1.807, 2.05) is 0 Å². The number of nitrogens with one attached hydrogen (secondary N) is 1. The van der Waals surface area contributed by atoms with Crippen molar-refractivity contribution in [3.8, 4) is 0 Å². The van der Waals surface area contributed by atoms with Crippen molar-refractivity contribution in [2.75, 3.05) is 11.9 Å². The second kappa shape index (κ2) is 6.28. The summed E-state index contributed by atoms with van der Waals surface area (Å²) in [4.78, 5) is 0. The Morgan fingerprint density at radius 3 is 2.25 bits per heavy atom.